The van der Waals surface area contributed by atoms with Crippen LogP contribution in [0.15, 0.2) is 29.4 Å². The van der Waals surface area contributed by atoms with E-state index < -0.39 is 11.2 Å². The third-order valence-electron chi connectivity index (χ3n) is 2.76. The second kappa shape index (κ2) is 5.88. The van der Waals surface area contributed by atoms with Crippen LogP contribution in [0.1, 0.15) is 18.9 Å². The molecule has 0 fully saturated rings. The lowest BCUT2D eigenvalue weighted by Gasteiger charge is -2.04. The molecule has 6 heteroatoms. The van der Waals surface area contributed by atoms with Gasteiger partial charge in [-0.3, -0.25) is 9.89 Å². The van der Waals surface area contributed by atoms with E-state index in [4.69, 9.17) is 5.11 Å². The monoisotopic (exact) mass is 277 g/mol. The first-order chi connectivity index (χ1) is 9.11. The first-order valence-electron chi connectivity index (χ1n) is 5.99. The van der Waals surface area contributed by atoms with Crippen molar-refractivity contribution in [3.8, 4) is 11.4 Å². The third-order valence-corrected chi connectivity index (χ3v) is 3.97. The van der Waals surface area contributed by atoms with Gasteiger partial charge >= 0.3 is 5.97 Å². The predicted octanol–water partition coefficient (Wildman–Crippen LogP) is 2.74. The summed E-state index contributed by atoms with van der Waals surface area (Å²) in [4.78, 5) is 15.3. The van der Waals surface area contributed by atoms with Crippen molar-refractivity contribution in [2.45, 2.75) is 30.7 Å². The molecule has 0 saturated carbocycles. The van der Waals surface area contributed by atoms with Gasteiger partial charge in [0.15, 0.2) is 5.82 Å². The largest absolute Gasteiger partial charge is 0.480 e. The maximum absolute atomic E-state index is 11.0. The zero-order valence-electron chi connectivity index (χ0n) is 10.8. The van der Waals surface area contributed by atoms with Gasteiger partial charge in [0, 0.05) is 5.56 Å². The number of aromatic nitrogens is 3. The van der Waals surface area contributed by atoms with Crippen LogP contribution < -0.4 is 0 Å². The van der Waals surface area contributed by atoms with Gasteiger partial charge in [0.1, 0.15) is 5.25 Å². The van der Waals surface area contributed by atoms with Crippen molar-refractivity contribution < 1.29 is 9.90 Å². The molecule has 2 aromatic rings. The molecule has 0 spiro atoms. The zero-order chi connectivity index (χ0) is 13.8. The summed E-state index contributed by atoms with van der Waals surface area (Å²) >= 11 is 1.17. The highest BCUT2D eigenvalue weighted by Crippen LogP contribution is 2.25. The van der Waals surface area contributed by atoms with E-state index in [0.717, 1.165) is 11.1 Å². The van der Waals surface area contributed by atoms with E-state index in [-0.39, 0.29) is 0 Å². The van der Waals surface area contributed by atoms with Crippen LogP contribution in [0.3, 0.4) is 0 Å². The second-order valence-electron chi connectivity index (χ2n) is 4.13. The molecular formula is C13H15N3O2S. The lowest BCUT2D eigenvalue weighted by molar-refractivity contribution is -0.136. The van der Waals surface area contributed by atoms with Crippen LogP contribution in [0.25, 0.3) is 11.4 Å². The molecule has 2 N–H and O–H groups in total. The number of rotatable bonds is 5. The summed E-state index contributed by atoms with van der Waals surface area (Å²) in [5.74, 6) is -0.171. The highest BCUT2D eigenvalue weighted by Gasteiger charge is 2.19. The smallest absolute Gasteiger partial charge is 0.317 e. The highest BCUT2D eigenvalue weighted by atomic mass is 32.2. The number of benzene rings is 1. The Morgan fingerprint density at radius 1 is 1.47 bits per heavy atom. The molecule has 1 heterocycles. The normalized spacial score (nSPS) is 12.3. The van der Waals surface area contributed by atoms with E-state index in [1.165, 1.54) is 11.8 Å². The van der Waals surface area contributed by atoms with Gasteiger partial charge in [0.25, 0.3) is 0 Å². The van der Waals surface area contributed by atoms with Gasteiger partial charge < -0.3 is 5.11 Å². The lowest BCUT2D eigenvalue weighted by atomic mass is 10.1. The maximum Gasteiger partial charge on any atom is 0.317 e. The van der Waals surface area contributed by atoms with Crippen molar-refractivity contribution in [3.63, 3.8) is 0 Å². The number of carboxylic acids is 1. The summed E-state index contributed by atoms with van der Waals surface area (Å²) in [5, 5.41) is 15.9. The molecule has 100 valence electrons. The SMILES string of the molecule is CC[C@H](Sc1n[nH]c(-c2ccccc2C)n1)C(=O)O. The van der Waals surface area contributed by atoms with Gasteiger partial charge in [-0.2, -0.15) is 0 Å². The van der Waals surface area contributed by atoms with Gasteiger partial charge in [-0.25, -0.2) is 4.98 Å². The first-order valence-corrected chi connectivity index (χ1v) is 6.87. The van der Waals surface area contributed by atoms with E-state index in [2.05, 4.69) is 15.2 Å². The van der Waals surface area contributed by atoms with E-state index in [1.54, 1.807) is 0 Å². The number of nitrogens with one attached hydrogen (secondary N) is 1. The number of aromatic amines is 1. The summed E-state index contributed by atoms with van der Waals surface area (Å²) in [6, 6.07) is 7.85. The van der Waals surface area contributed by atoms with Crippen LogP contribution in [0.2, 0.25) is 0 Å². The van der Waals surface area contributed by atoms with Crippen LogP contribution >= 0.6 is 11.8 Å². The first kappa shape index (κ1) is 13.6. The molecule has 0 amide bonds. The van der Waals surface area contributed by atoms with Crippen LogP contribution in [-0.4, -0.2) is 31.5 Å². The Morgan fingerprint density at radius 3 is 2.84 bits per heavy atom. The molecule has 1 aromatic heterocycles. The number of H-pyrrole nitrogens is 1. The van der Waals surface area contributed by atoms with Crippen molar-refractivity contribution >= 4 is 17.7 Å². The van der Waals surface area contributed by atoms with Gasteiger partial charge in [-0.05, 0) is 18.9 Å². The molecule has 0 aliphatic rings. The Kier molecular flexibility index (Phi) is 4.21. The number of carboxylic acid groups (broad SMARTS) is 1. The van der Waals surface area contributed by atoms with Crippen molar-refractivity contribution in [1.29, 1.82) is 0 Å². The molecule has 0 radical (unpaired) electrons. The van der Waals surface area contributed by atoms with Gasteiger partial charge in [0.2, 0.25) is 5.16 Å². The fourth-order valence-electron chi connectivity index (χ4n) is 1.69. The topological polar surface area (TPSA) is 78.9 Å². The molecule has 0 aliphatic carbocycles. The van der Waals surface area contributed by atoms with Crippen molar-refractivity contribution in [1.82, 2.24) is 15.2 Å². The average molecular weight is 277 g/mol. The van der Waals surface area contributed by atoms with E-state index >= 15 is 0 Å². The summed E-state index contributed by atoms with van der Waals surface area (Å²) in [6.07, 6.45) is 0.536. The van der Waals surface area contributed by atoms with Gasteiger partial charge in [0.05, 0.1) is 0 Å². The molecule has 0 unspecified atom stereocenters. The van der Waals surface area contributed by atoms with Crippen LogP contribution in [0.5, 0.6) is 0 Å². The molecule has 5 nitrogen and oxygen atoms in total. The number of thioether (sulfide) groups is 1. The molecular weight excluding hydrogens is 262 g/mol. The Labute approximate surface area is 115 Å². The quantitative estimate of drug-likeness (QED) is 0.821. The van der Waals surface area contributed by atoms with E-state index in [9.17, 15) is 4.79 Å². The summed E-state index contributed by atoms with van der Waals surface area (Å²) in [6.45, 7) is 3.83. The predicted molar refractivity (Wildman–Crippen MR) is 74.1 cm³/mol. The van der Waals surface area contributed by atoms with E-state index in [1.807, 2.05) is 38.1 Å². The summed E-state index contributed by atoms with van der Waals surface area (Å²) in [7, 11) is 0. The third kappa shape index (κ3) is 3.14. The molecule has 1 atom stereocenters. The molecule has 1 aromatic carbocycles. The Bertz CT molecular complexity index is 583. The zero-order valence-corrected chi connectivity index (χ0v) is 11.6. The highest BCUT2D eigenvalue weighted by molar-refractivity contribution is 8.00. The van der Waals surface area contributed by atoms with Gasteiger partial charge in [-0.1, -0.05) is 43.0 Å². The minimum atomic E-state index is -0.838. The number of hydrogen-bond donors (Lipinski definition) is 2. The molecule has 0 bridgehead atoms. The molecule has 0 aliphatic heterocycles. The maximum atomic E-state index is 11.0. The number of nitrogens with zero attached hydrogens (tertiary/aromatic N) is 2. The van der Waals surface area contributed by atoms with Crippen molar-refractivity contribution in [2.24, 2.45) is 0 Å². The van der Waals surface area contributed by atoms with Gasteiger partial charge in [-0.15, -0.1) is 5.10 Å². The lowest BCUT2D eigenvalue weighted by Crippen LogP contribution is -2.14. The fourth-order valence-corrected chi connectivity index (χ4v) is 2.46. The van der Waals surface area contributed by atoms with Crippen molar-refractivity contribution in [2.75, 3.05) is 0 Å². The Morgan fingerprint density at radius 2 is 2.21 bits per heavy atom. The number of aryl methyl sites for hydroxylation is 1. The molecule has 19 heavy (non-hydrogen) atoms. The Balaban J connectivity index is 2.20. The number of hydrogen-bond acceptors (Lipinski definition) is 4. The van der Waals surface area contributed by atoms with Crippen molar-refractivity contribution in [3.05, 3.63) is 29.8 Å². The van der Waals surface area contributed by atoms with Crippen LogP contribution in [-0.2, 0) is 4.79 Å². The molecule has 0 saturated heterocycles. The average Bonchev–Trinajstić information content (AvgIpc) is 2.84. The summed E-state index contributed by atoms with van der Waals surface area (Å²) < 4.78 is 0. The van der Waals surface area contributed by atoms with Crippen LogP contribution in [0.4, 0.5) is 0 Å². The summed E-state index contributed by atoms with van der Waals surface area (Å²) in [5.41, 5.74) is 2.07. The second-order valence-corrected chi connectivity index (χ2v) is 5.30. The minimum absolute atomic E-state index is 0.465. The minimum Gasteiger partial charge on any atom is -0.480 e. The Hall–Kier alpha value is -1.82. The number of carbonyl (C=O) groups is 1. The standard InChI is InChI=1S/C13H15N3O2S/c1-3-10(12(17)18)19-13-14-11(15-16-13)9-7-5-4-6-8(9)2/h4-7,10H,3H2,1-2H3,(H,17,18)(H,14,15,16)/t10-/m0/s1. The molecule has 2 rings (SSSR count). The van der Waals surface area contributed by atoms with E-state index in [0.29, 0.717) is 17.4 Å². The van der Waals surface area contributed by atoms with Crippen LogP contribution in [0, 0.1) is 6.92 Å². The fraction of sp³-hybridized carbons (Fsp3) is 0.308. The number of aliphatic carboxylic acids is 1.